The number of rotatable bonds is 1. The van der Waals surface area contributed by atoms with Gasteiger partial charge in [0.25, 0.3) is 0 Å². The summed E-state index contributed by atoms with van der Waals surface area (Å²) in [7, 11) is 0. The van der Waals surface area contributed by atoms with Gasteiger partial charge >= 0.3 is 6.18 Å². The normalized spacial score (nSPS) is 16.5. The SMILES string of the molecule is CC1(C)OC(c2ccc(C(F)(F)F)cc2)=Nc2ccccc21. The van der Waals surface area contributed by atoms with Crippen LogP contribution >= 0.6 is 0 Å². The molecule has 0 aromatic heterocycles. The number of benzene rings is 2. The van der Waals surface area contributed by atoms with Crippen molar-refractivity contribution in [2.75, 3.05) is 0 Å². The number of hydrogen-bond acceptors (Lipinski definition) is 2. The molecular formula is C17H14F3NO. The maximum atomic E-state index is 12.6. The third kappa shape index (κ3) is 2.58. The molecule has 0 unspecified atom stereocenters. The number of para-hydroxylation sites is 1. The van der Waals surface area contributed by atoms with Gasteiger partial charge < -0.3 is 4.74 Å². The van der Waals surface area contributed by atoms with Gasteiger partial charge in [-0.15, -0.1) is 0 Å². The monoisotopic (exact) mass is 305 g/mol. The molecule has 0 N–H and O–H groups in total. The van der Waals surface area contributed by atoms with Crippen LogP contribution in [0.2, 0.25) is 0 Å². The van der Waals surface area contributed by atoms with Gasteiger partial charge in [0.05, 0.1) is 11.3 Å². The number of alkyl halides is 3. The molecule has 0 spiro atoms. The molecule has 1 aliphatic rings. The van der Waals surface area contributed by atoms with Gasteiger partial charge in [-0.25, -0.2) is 4.99 Å². The fourth-order valence-electron chi connectivity index (χ4n) is 2.43. The highest BCUT2D eigenvalue weighted by Gasteiger charge is 2.33. The van der Waals surface area contributed by atoms with E-state index in [0.717, 1.165) is 23.4 Å². The van der Waals surface area contributed by atoms with E-state index in [1.54, 1.807) is 0 Å². The summed E-state index contributed by atoms with van der Waals surface area (Å²) in [6.45, 7) is 3.81. The number of nitrogens with zero attached hydrogens (tertiary/aromatic N) is 1. The number of ether oxygens (including phenoxy) is 1. The second-order valence-corrected chi connectivity index (χ2v) is 5.62. The third-order valence-electron chi connectivity index (χ3n) is 3.59. The molecule has 0 saturated heterocycles. The average molecular weight is 305 g/mol. The van der Waals surface area contributed by atoms with E-state index >= 15 is 0 Å². The average Bonchev–Trinajstić information content (AvgIpc) is 2.46. The Balaban J connectivity index is 2.01. The Kier molecular flexibility index (Phi) is 3.24. The fraction of sp³-hybridized carbons (Fsp3) is 0.235. The molecule has 3 rings (SSSR count). The standard InChI is InChI=1S/C17H14F3NO/c1-16(2)13-5-3-4-6-14(13)21-15(22-16)11-7-9-12(10-8-11)17(18,19)20/h3-10H,1-2H3. The lowest BCUT2D eigenvalue weighted by Gasteiger charge is -2.32. The maximum absolute atomic E-state index is 12.6. The molecule has 0 amide bonds. The van der Waals surface area contributed by atoms with Crippen molar-refractivity contribution < 1.29 is 17.9 Å². The predicted octanol–water partition coefficient (Wildman–Crippen LogP) is 5.05. The van der Waals surface area contributed by atoms with E-state index in [9.17, 15) is 13.2 Å². The molecule has 0 saturated carbocycles. The Hall–Kier alpha value is -2.30. The lowest BCUT2D eigenvalue weighted by molar-refractivity contribution is -0.137. The van der Waals surface area contributed by atoms with E-state index in [1.165, 1.54) is 12.1 Å². The van der Waals surface area contributed by atoms with Crippen LogP contribution in [0.1, 0.15) is 30.5 Å². The maximum Gasteiger partial charge on any atom is 0.416 e. The third-order valence-corrected chi connectivity index (χ3v) is 3.59. The molecule has 2 aromatic carbocycles. The summed E-state index contributed by atoms with van der Waals surface area (Å²) in [5.74, 6) is 0.331. The van der Waals surface area contributed by atoms with Crippen LogP contribution in [0.25, 0.3) is 0 Å². The number of halogens is 3. The van der Waals surface area contributed by atoms with Crippen molar-refractivity contribution in [3.05, 3.63) is 65.2 Å². The Labute approximate surface area is 126 Å². The molecule has 0 bridgehead atoms. The predicted molar refractivity (Wildman–Crippen MR) is 78.2 cm³/mol. The summed E-state index contributed by atoms with van der Waals surface area (Å²) in [6, 6.07) is 12.4. The molecule has 0 aliphatic carbocycles. The summed E-state index contributed by atoms with van der Waals surface area (Å²) >= 11 is 0. The fourth-order valence-corrected chi connectivity index (χ4v) is 2.43. The lowest BCUT2D eigenvalue weighted by atomic mass is 9.94. The van der Waals surface area contributed by atoms with Gasteiger partial charge in [0, 0.05) is 11.1 Å². The summed E-state index contributed by atoms with van der Waals surface area (Å²) in [5.41, 5.74) is 0.971. The van der Waals surface area contributed by atoms with Crippen LogP contribution < -0.4 is 0 Å². The van der Waals surface area contributed by atoms with E-state index in [0.29, 0.717) is 11.5 Å². The first-order chi connectivity index (χ1) is 10.3. The first-order valence-electron chi connectivity index (χ1n) is 6.82. The molecule has 114 valence electrons. The first kappa shape index (κ1) is 14.6. The zero-order valence-electron chi connectivity index (χ0n) is 12.1. The second kappa shape index (κ2) is 4.87. The van der Waals surface area contributed by atoms with E-state index in [4.69, 9.17) is 4.74 Å². The zero-order valence-corrected chi connectivity index (χ0v) is 12.1. The lowest BCUT2D eigenvalue weighted by Crippen LogP contribution is -2.29. The summed E-state index contributed by atoms with van der Waals surface area (Å²) in [4.78, 5) is 4.42. The summed E-state index contributed by atoms with van der Waals surface area (Å²) < 4.78 is 43.7. The quantitative estimate of drug-likeness (QED) is 0.722. The largest absolute Gasteiger partial charge is 0.466 e. The minimum absolute atomic E-state index is 0.331. The summed E-state index contributed by atoms with van der Waals surface area (Å²) in [6.07, 6.45) is -4.35. The molecule has 2 aromatic rings. The van der Waals surface area contributed by atoms with Gasteiger partial charge in [-0.1, -0.05) is 18.2 Å². The van der Waals surface area contributed by atoms with E-state index in [2.05, 4.69) is 4.99 Å². The van der Waals surface area contributed by atoms with Crippen molar-refractivity contribution in [1.82, 2.24) is 0 Å². The molecule has 1 aliphatic heterocycles. The van der Waals surface area contributed by atoms with Crippen LogP contribution in [0.4, 0.5) is 18.9 Å². The molecule has 5 heteroatoms. The minimum Gasteiger partial charge on any atom is -0.466 e. The van der Waals surface area contributed by atoms with Crippen LogP contribution in [0.5, 0.6) is 0 Å². The van der Waals surface area contributed by atoms with E-state index in [-0.39, 0.29) is 0 Å². The van der Waals surface area contributed by atoms with Crippen molar-refractivity contribution in [2.24, 2.45) is 4.99 Å². The molecule has 1 heterocycles. The van der Waals surface area contributed by atoms with Gasteiger partial charge in [0.2, 0.25) is 5.90 Å². The Morgan fingerprint density at radius 1 is 0.955 bits per heavy atom. The number of hydrogen-bond donors (Lipinski definition) is 0. The molecule has 0 fully saturated rings. The molecule has 0 radical (unpaired) electrons. The van der Waals surface area contributed by atoms with E-state index < -0.39 is 17.3 Å². The zero-order chi connectivity index (χ0) is 16.0. The minimum atomic E-state index is -4.35. The second-order valence-electron chi connectivity index (χ2n) is 5.62. The van der Waals surface area contributed by atoms with Crippen LogP contribution in [0, 0.1) is 0 Å². The topological polar surface area (TPSA) is 21.6 Å². The molecule has 2 nitrogen and oxygen atoms in total. The van der Waals surface area contributed by atoms with Gasteiger partial charge in [0.1, 0.15) is 5.60 Å². The van der Waals surface area contributed by atoms with Gasteiger partial charge in [0.15, 0.2) is 0 Å². The van der Waals surface area contributed by atoms with Gasteiger partial charge in [-0.05, 0) is 44.2 Å². The smallest absolute Gasteiger partial charge is 0.416 e. The highest BCUT2D eigenvalue weighted by atomic mass is 19.4. The number of fused-ring (bicyclic) bond motifs is 1. The van der Waals surface area contributed by atoms with E-state index in [1.807, 2.05) is 38.1 Å². The van der Waals surface area contributed by atoms with Crippen molar-refractivity contribution in [3.8, 4) is 0 Å². The molecule has 0 atom stereocenters. The summed E-state index contributed by atoms with van der Waals surface area (Å²) in [5, 5.41) is 0. The van der Waals surface area contributed by atoms with Crippen molar-refractivity contribution >= 4 is 11.6 Å². The Bertz CT molecular complexity index is 730. The molecule has 22 heavy (non-hydrogen) atoms. The van der Waals surface area contributed by atoms with Crippen molar-refractivity contribution in [1.29, 1.82) is 0 Å². The Morgan fingerprint density at radius 3 is 2.23 bits per heavy atom. The first-order valence-corrected chi connectivity index (χ1v) is 6.82. The number of aliphatic imine (C=N–C) groups is 1. The van der Waals surface area contributed by atoms with Gasteiger partial charge in [-0.2, -0.15) is 13.2 Å². The molecular weight excluding hydrogens is 291 g/mol. The Morgan fingerprint density at radius 2 is 1.59 bits per heavy atom. The highest BCUT2D eigenvalue weighted by molar-refractivity contribution is 5.97. The van der Waals surface area contributed by atoms with Crippen LogP contribution in [0.3, 0.4) is 0 Å². The van der Waals surface area contributed by atoms with Crippen molar-refractivity contribution in [2.45, 2.75) is 25.6 Å². The highest BCUT2D eigenvalue weighted by Crippen LogP contribution is 2.38. The van der Waals surface area contributed by atoms with Gasteiger partial charge in [-0.3, -0.25) is 0 Å². The van der Waals surface area contributed by atoms with Crippen LogP contribution in [-0.4, -0.2) is 5.90 Å². The van der Waals surface area contributed by atoms with Crippen LogP contribution in [-0.2, 0) is 16.5 Å². The van der Waals surface area contributed by atoms with Crippen molar-refractivity contribution in [3.63, 3.8) is 0 Å². The van der Waals surface area contributed by atoms with Crippen LogP contribution in [0.15, 0.2) is 53.5 Å².